The number of para-hydroxylation sites is 13. The van der Waals surface area contributed by atoms with Crippen LogP contribution in [-0.2, 0) is 0 Å². The number of aromatic nitrogens is 10. The molecule has 0 unspecified atom stereocenters. The van der Waals surface area contributed by atoms with Gasteiger partial charge in [-0.25, -0.2) is 19.5 Å². The molecule has 0 aliphatic heterocycles. The third-order valence-electron chi connectivity index (χ3n) is 25.0. The van der Waals surface area contributed by atoms with Crippen molar-refractivity contribution in [3.05, 3.63) is 376 Å². The molecule has 28 aromatic rings. The smallest absolute Gasteiger partial charge is 0.237 e. The number of nitrogens with zero attached hydrogens (tertiary/aromatic N) is 10. The van der Waals surface area contributed by atoms with Gasteiger partial charge in [0, 0.05) is 87.6 Å². The standard InChI is InChI=1S/C64H38N4O2.C44H24N6O2/c1-3-17-41(18-4-1)65-51-27-11-7-21-43(51)45-25-15-29-55(61(45)65)67-53-35-33-39(37-49(53)59-47-23-9-13-31-57(47)69-63(59)67)40-34-36-54-50(38-40)60-48-24-10-14-32-58(48)70-64(60)68(54)56-30-16-26-46-44-22-8-12-28-52(44)66(62(46)56)42-19-5-2-6-20-42;1-4-12-32-27(9-1)23-46-44(48-32)50-36-20-18-26(22-31(36)41-29-11-3-8-16-38(29)52-43(41)50)25-17-19-35-30(21-25)40-28-10-2-7-15-37(28)51-42(40)49(35)39-24-45-33-13-5-6-14-34(33)47-39/h1-38H;1-24H. The third-order valence-corrected chi connectivity index (χ3v) is 25.0. The van der Waals surface area contributed by atoms with Gasteiger partial charge in [-0.15, -0.1) is 0 Å². The molecular weight excluding hydrogens is 1500 g/mol. The molecule has 14 nitrogen and oxygen atoms in total. The first-order chi connectivity index (χ1) is 60.5. The van der Waals surface area contributed by atoms with Gasteiger partial charge in [0.2, 0.25) is 28.8 Å². The molecule has 0 bridgehead atoms. The molecule has 0 aliphatic rings. The molecule has 0 saturated carbocycles. The largest absolute Gasteiger partial charge is 0.439 e. The lowest BCUT2D eigenvalue weighted by Crippen LogP contribution is -2.00. The van der Waals surface area contributed by atoms with E-state index >= 15 is 0 Å². The average Bonchev–Trinajstić information content (AvgIpc) is 1.56. The Kier molecular flexibility index (Phi) is 13.8. The van der Waals surface area contributed by atoms with E-state index < -0.39 is 0 Å². The summed E-state index contributed by atoms with van der Waals surface area (Å²) in [6, 6.07) is 128. The molecular formula is C108H62N10O4. The predicted octanol–water partition coefficient (Wildman–Crippen LogP) is 28.2. The van der Waals surface area contributed by atoms with Crippen molar-refractivity contribution >= 4 is 197 Å². The summed E-state index contributed by atoms with van der Waals surface area (Å²) >= 11 is 0. The molecule has 16 aromatic carbocycles. The fourth-order valence-electron chi connectivity index (χ4n) is 19.8. The van der Waals surface area contributed by atoms with Crippen molar-refractivity contribution in [2.45, 2.75) is 0 Å². The summed E-state index contributed by atoms with van der Waals surface area (Å²) < 4.78 is 40.6. The lowest BCUT2D eigenvalue weighted by atomic mass is 10.00. The van der Waals surface area contributed by atoms with Crippen molar-refractivity contribution in [3.63, 3.8) is 0 Å². The number of hydrogen-bond donors (Lipinski definition) is 0. The van der Waals surface area contributed by atoms with Crippen LogP contribution >= 0.6 is 0 Å². The van der Waals surface area contributed by atoms with E-state index in [4.69, 9.17) is 37.6 Å². The number of rotatable bonds is 8. The minimum atomic E-state index is 0.569. The summed E-state index contributed by atoms with van der Waals surface area (Å²) in [6.07, 6.45) is 3.69. The van der Waals surface area contributed by atoms with Gasteiger partial charge in [-0.1, -0.05) is 224 Å². The van der Waals surface area contributed by atoms with Crippen molar-refractivity contribution in [2.75, 3.05) is 0 Å². The Morgan fingerprint density at radius 1 is 0.213 bits per heavy atom. The van der Waals surface area contributed by atoms with E-state index in [1.807, 2.05) is 89.8 Å². The molecule has 0 aliphatic carbocycles. The summed E-state index contributed by atoms with van der Waals surface area (Å²) in [4.78, 5) is 19.5. The first kappa shape index (κ1) is 66.3. The summed E-state index contributed by atoms with van der Waals surface area (Å²) in [7, 11) is 0. The van der Waals surface area contributed by atoms with Crippen molar-refractivity contribution < 1.29 is 17.7 Å². The minimum absolute atomic E-state index is 0.569. The number of benzene rings is 16. The van der Waals surface area contributed by atoms with Gasteiger partial charge < -0.3 is 26.8 Å². The monoisotopic (exact) mass is 1560 g/mol. The molecule has 12 aromatic heterocycles. The Balaban J connectivity index is 0.000000134. The fraction of sp³-hybridized carbons (Fsp3) is 0. The summed E-state index contributed by atoms with van der Waals surface area (Å²) in [5.41, 5.74) is 26.5. The number of fused-ring (bicyclic) bond motifs is 28. The average molecular weight is 1560 g/mol. The van der Waals surface area contributed by atoms with E-state index in [2.05, 4.69) is 314 Å². The Morgan fingerprint density at radius 3 is 1.02 bits per heavy atom. The van der Waals surface area contributed by atoms with E-state index in [-0.39, 0.29) is 0 Å². The summed E-state index contributed by atoms with van der Waals surface area (Å²) in [6.45, 7) is 0. The Morgan fingerprint density at radius 2 is 0.557 bits per heavy atom. The predicted molar refractivity (Wildman–Crippen MR) is 495 cm³/mol. The van der Waals surface area contributed by atoms with Crippen LogP contribution in [0.25, 0.3) is 254 Å². The molecule has 12 heterocycles. The maximum absolute atomic E-state index is 6.94. The molecule has 0 fully saturated rings. The highest BCUT2D eigenvalue weighted by atomic mass is 16.4. The van der Waals surface area contributed by atoms with Crippen LogP contribution in [0.1, 0.15) is 0 Å². The van der Waals surface area contributed by atoms with Crippen LogP contribution in [-0.4, -0.2) is 47.3 Å². The second-order valence-corrected chi connectivity index (χ2v) is 31.6. The third kappa shape index (κ3) is 9.47. The molecule has 0 radical (unpaired) electrons. The highest BCUT2D eigenvalue weighted by molar-refractivity contribution is 6.26. The molecule has 0 N–H and O–H groups in total. The highest BCUT2D eigenvalue weighted by Gasteiger charge is 2.30. The Bertz CT molecular complexity index is 8780. The van der Waals surface area contributed by atoms with E-state index in [0.29, 0.717) is 11.8 Å². The zero-order valence-electron chi connectivity index (χ0n) is 64.9. The van der Waals surface area contributed by atoms with Crippen LogP contribution in [0.4, 0.5) is 0 Å². The quantitative estimate of drug-likeness (QED) is 0.147. The van der Waals surface area contributed by atoms with Crippen LogP contribution in [0, 0.1) is 0 Å². The minimum Gasteiger partial charge on any atom is -0.439 e. The summed E-state index contributed by atoms with van der Waals surface area (Å²) in [5.74, 6) is 1.28. The van der Waals surface area contributed by atoms with Crippen LogP contribution in [0.3, 0.4) is 0 Å². The van der Waals surface area contributed by atoms with Crippen molar-refractivity contribution in [2.24, 2.45) is 0 Å². The van der Waals surface area contributed by atoms with Crippen molar-refractivity contribution in [1.29, 1.82) is 0 Å². The zero-order chi connectivity index (χ0) is 79.5. The number of furan rings is 4. The van der Waals surface area contributed by atoms with E-state index in [1.165, 1.54) is 21.5 Å². The molecule has 28 rings (SSSR count). The van der Waals surface area contributed by atoms with Crippen molar-refractivity contribution in [1.82, 2.24) is 47.3 Å². The van der Waals surface area contributed by atoms with Crippen molar-refractivity contribution in [3.8, 4) is 56.8 Å². The molecule has 0 atom stereocenters. The van der Waals surface area contributed by atoms with Gasteiger partial charge in [0.15, 0.2) is 5.82 Å². The van der Waals surface area contributed by atoms with Gasteiger partial charge in [-0.3, -0.25) is 18.7 Å². The van der Waals surface area contributed by atoms with Crippen LogP contribution in [0.2, 0.25) is 0 Å². The second kappa shape index (κ2) is 25.3. The van der Waals surface area contributed by atoms with E-state index in [0.717, 1.165) is 221 Å². The topological polar surface area (TPSA) is 134 Å². The van der Waals surface area contributed by atoms with Crippen LogP contribution < -0.4 is 0 Å². The van der Waals surface area contributed by atoms with Gasteiger partial charge in [-0.2, -0.15) is 0 Å². The van der Waals surface area contributed by atoms with Crippen LogP contribution in [0.5, 0.6) is 0 Å². The van der Waals surface area contributed by atoms with Gasteiger partial charge in [-0.05, 0) is 162 Å². The first-order valence-corrected chi connectivity index (χ1v) is 41.0. The highest BCUT2D eigenvalue weighted by Crippen LogP contribution is 2.49. The molecule has 568 valence electrons. The Hall–Kier alpha value is -16.8. The molecule has 0 saturated heterocycles. The number of hydrogen-bond acceptors (Lipinski definition) is 8. The lowest BCUT2D eigenvalue weighted by Gasteiger charge is -2.14. The van der Waals surface area contributed by atoms with Gasteiger partial charge in [0.25, 0.3) is 0 Å². The van der Waals surface area contributed by atoms with E-state index in [1.54, 1.807) is 0 Å². The van der Waals surface area contributed by atoms with E-state index in [9.17, 15) is 0 Å². The van der Waals surface area contributed by atoms with Gasteiger partial charge in [0.1, 0.15) is 22.3 Å². The normalized spacial score (nSPS) is 12.3. The molecule has 0 amide bonds. The maximum atomic E-state index is 6.94. The second-order valence-electron chi connectivity index (χ2n) is 31.6. The van der Waals surface area contributed by atoms with Gasteiger partial charge in [0.05, 0.1) is 99.8 Å². The molecule has 14 heteroatoms. The molecule has 122 heavy (non-hydrogen) atoms. The fourth-order valence-corrected chi connectivity index (χ4v) is 19.8. The maximum Gasteiger partial charge on any atom is 0.237 e. The summed E-state index contributed by atoms with van der Waals surface area (Å²) in [5, 5.41) is 18.8. The SMILES string of the molecule is c1ccc(-n2c3ccccc3c3cccc(-n4c5ccc(-c6ccc7c(c6)c6c8ccccc8oc6n7-c6cccc7c8ccccc8n(-c8ccccc8)c67)cc5c5c6ccccc6oc54)c32)cc1.c1ccc2nc(-n3c4ccc(-c5ccc6c(c5)c5c7ccccc7oc5n6-c5cnc6ccccc6n5)cc4c4c5ccccc5oc43)ncc2c1. The lowest BCUT2D eigenvalue weighted by molar-refractivity contribution is 0.641. The first-order valence-electron chi connectivity index (χ1n) is 41.0. The van der Waals surface area contributed by atoms with Gasteiger partial charge >= 0.3 is 0 Å². The Labute approximate surface area is 691 Å². The van der Waals surface area contributed by atoms with Crippen LogP contribution in [0.15, 0.2) is 394 Å². The molecule has 0 spiro atoms. The zero-order valence-corrected chi connectivity index (χ0v) is 64.9.